The number of hydrogen-bond donors (Lipinski definition) is 1. The fourth-order valence-corrected chi connectivity index (χ4v) is 4.26. The highest BCUT2D eigenvalue weighted by Gasteiger charge is 2.43. The Morgan fingerprint density at radius 3 is 2.63 bits per heavy atom. The van der Waals surface area contributed by atoms with Gasteiger partial charge in [-0.2, -0.15) is 11.8 Å². The highest BCUT2D eigenvalue weighted by molar-refractivity contribution is 7.99. The molecule has 2 saturated heterocycles. The van der Waals surface area contributed by atoms with Gasteiger partial charge in [0.15, 0.2) is 0 Å². The molecule has 0 aliphatic carbocycles. The summed E-state index contributed by atoms with van der Waals surface area (Å²) in [4.78, 5) is 14.9. The molecule has 3 nitrogen and oxygen atoms in total. The van der Waals surface area contributed by atoms with Gasteiger partial charge in [0, 0.05) is 6.04 Å². The van der Waals surface area contributed by atoms with Crippen LogP contribution in [-0.4, -0.2) is 40.6 Å². The van der Waals surface area contributed by atoms with E-state index in [9.17, 15) is 4.79 Å². The van der Waals surface area contributed by atoms with Crippen LogP contribution >= 0.6 is 11.8 Å². The summed E-state index contributed by atoms with van der Waals surface area (Å²) in [5.41, 5.74) is 0. The summed E-state index contributed by atoms with van der Waals surface area (Å²) >= 11 is 2.02. The maximum atomic E-state index is 12.7. The van der Waals surface area contributed by atoms with Gasteiger partial charge >= 0.3 is 0 Å². The van der Waals surface area contributed by atoms with Crippen LogP contribution in [0.25, 0.3) is 0 Å². The normalized spacial score (nSPS) is 29.5. The molecule has 2 rings (SSSR count). The topological polar surface area (TPSA) is 32.3 Å². The molecular weight excluding hydrogens is 256 g/mol. The number of amides is 1. The van der Waals surface area contributed by atoms with Gasteiger partial charge in [-0.1, -0.05) is 33.6 Å². The zero-order valence-corrected chi connectivity index (χ0v) is 13.3. The molecule has 0 aromatic rings. The number of nitrogens with one attached hydrogen (secondary N) is 1. The minimum absolute atomic E-state index is 0.0712. The van der Waals surface area contributed by atoms with Gasteiger partial charge < -0.3 is 4.90 Å². The van der Waals surface area contributed by atoms with Crippen molar-refractivity contribution < 1.29 is 4.79 Å². The average molecular weight is 284 g/mol. The van der Waals surface area contributed by atoms with Crippen molar-refractivity contribution in [2.45, 2.75) is 71.1 Å². The summed E-state index contributed by atoms with van der Waals surface area (Å²) in [5.74, 6) is 3.27. The lowest BCUT2D eigenvalue weighted by molar-refractivity contribution is -0.133. The summed E-state index contributed by atoms with van der Waals surface area (Å²) in [5, 5.41) is 3.59. The second kappa shape index (κ2) is 6.98. The number of hydrogen-bond acceptors (Lipinski definition) is 3. The summed E-state index contributed by atoms with van der Waals surface area (Å²) in [6, 6.07) is 0.544. The molecule has 2 aliphatic rings. The molecule has 2 fully saturated rings. The Labute approximate surface area is 121 Å². The van der Waals surface area contributed by atoms with Crippen LogP contribution in [-0.2, 0) is 4.79 Å². The second-order valence-corrected chi connectivity index (χ2v) is 7.36. The van der Waals surface area contributed by atoms with Crippen molar-refractivity contribution in [1.82, 2.24) is 10.2 Å². The van der Waals surface area contributed by atoms with E-state index in [1.165, 1.54) is 24.3 Å². The van der Waals surface area contributed by atoms with Crippen LogP contribution in [0.5, 0.6) is 0 Å². The predicted molar refractivity (Wildman–Crippen MR) is 82.3 cm³/mol. The standard InChI is InChI=1S/C15H28N2OS/c1-4-5-6-13-15(18)17(14(16-13)11(2)3)12-7-9-19-10-8-12/h11-14,16H,4-10H2,1-3H3. The second-order valence-electron chi connectivity index (χ2n) is 6.14. The lowest BCUT2D eigenvalue weighted by Crippen LogP contribution is -2.48. The highest BCUT2D eigenvalue weighted by Crippen LogP contribution is 2.29. The Morgan fingerprint density at radius 1 is 1.37 bits per heavy atom. The SMILES string of the molecule is CCCCC1NC(C(C)C)N(C2CCSCC2)C1=O. The van der Waals surface area contributed by atoms with Gasteiger partial charge in [-0.3, -0.25) is 10.1 Å². The van der Waals surface area contributed by atoms with Gasteiger partial charge in [-0.05, 0) is 36.7 Å². The third kappa shape index (κ3) is 3.46. The van der Waals surface area contributed by atoms with Crippen molar-refractivity contribution in [3.05, 3.63) is 0 Å². The van der Waals surface area contributed by atoms with Crippen LogP contribution in [0.3, 0.4) is 0 Å². The summed E-state index contributed by atoms with van der Waals surface area (Å²) in [7, 11) is 0. The number of nitrogens with zero attached hydrogens (tertiary/aromatic N) is 1. The number of thioether (sulfide) groups is 1. The molecule has 19 heavy (non-hydrogen) atoms. The first-order chi connectivity index (χ1) is 9.15. The molecule has 2 aliphatic heterocycles. The zero-order chi connectivity index (χ0) is 13.8. The molecule has 2 heterocycles. The Balaban J connectivity index is 2.06. The Bertz CT molecular complexity index is 303. The van der Waals surface area contributed by atoms with Crippen LogP contribution in [0.4, 0.5) is 0 Å². The van der Waals surface area contributed by atoms with E-state index in [1.54, 1.807) is 0 Å². The summed E-state index contributed by atoms with van der Waals surface area (Å²) < 4.78 is 0. The zero-order valence-electron chi connectivity index (χ0n) is 12.5. The Kier molecular flexibility index (Phi) is 5.58. The largest absolute Gasteiger partial charge is 0.322 e. The fourth-order valence-electron chi connectivity index (χ4n) is 3.17. The first-order valence-electron chi connectivity index (χ1n) is 7.81. The summed E-state index contributed by atoms with van der Waals surface area (Å²) in [6.07, 6.45) is 5.89. The lowest BCUT2D eigenvalue weighted by atomic mass is 10.1. The maximum absolute atomic E-state index is 12.7. The van der Waals surface area contributed by atoms with E-state index in [1.807, 2.05) is 11.8 Å². The van der Waals surface area contributed by atoms with Gasteiger partial charge in [0.25, 0.3) is 0 Å². The third-order valence-electron chi connectivity index (χ3n) is 4.29. The molecule has 2 atom stereocenters. The van der Waals surface area contributed by atoms with E-state index >= 15 is 0 Å². The molecule has 1 amide bonds. The van der Waals surface area contributed by atoms with Gasteiger partial charge in [-0.15, -0.1) is 0 Å². The van der Waals surface area contributed by atoms with E-state index in [0.29, 0.717) is 17.9 Å². The first kappa shape index (κ1) is 15.2. The monoisotopic (exact) mass is 284 g/mol. The molecule has 4 heteroatoms. The van der Waals surface area contributed by atoms with Crippen molar-refractivity contribution in [3.63, 3.8) is 0 Å². The molecule has 0 aromatic heterocycles. The van der Waals surface area contributed by atoms with E-state index in [2.05, 4.69) is 31.0 Å². The first-order valence-corrected chi connectivity index (χ1v) is 8.96. The van der Waals surface area contributed by atoms with E-state index in [-0.39, 0.29) is 12.2 Å². The van der Waals surface area contributed by atoms with Crippen LogP contribution in [0, 0.1) is 5.92 Å². The third-order valence-corrected chi connectivity index (χ3v) is 5.34. The minimum atomic E-state index is 0.0712. The van der Waals surface area contributed by atoms with E-state index in [4.69, 9.17) is 0 Å². The van der Waals surface area contributed by atoms with Crippen LogP contribution < -0.4 is 5.32 Å². The number of unbranched alkanes of at least 4 members (excludes halogenated alkanes) is 1. The van der Waals surface area contributed by atoms with Gasteiger partial charge in [0.05, 0.1) is 12.2 Å². The van der Waals surface area contributed by atoms with Crippen LogP contribution in [0.15, 0.2) is 0 Å². The van der Waals surface area contributed by atoms with Crippen molar-refractivity contribution in [2.75, 3.05) is 11.5 Å². The van der Waals surface area contributed by atoms with Crippen LogP contribution in [0.2, 0.25) is 0 Å². The fraction of sp³-hybridized carbons (Fsp3) is 0.933. The van der Waals surface area contributed by atoms with Gasteiger partial charge in [0.1, 0.15) is 0 Å². The Hall–Kier alpha value is -0.220. The molecule has 0 saturated carbocycles. The molecule has 2 unspecified atom stereocenters. The van der Waals surface area contributed by atoms with Gasteiger partial charge in [-0.25, -0.2) is 0 Å². The minimum Gasteiger partial charge on any atom is -0.322 e. The van der Waals surface area contributed by atoms with Crippen molar-refractivity contribution >= 4 is 17.7 Å². The molecule has 110 valence electrons. The van der Waals surface area contributed by atoms with E-state index in [0.717, 1.165) is 19.3 Å². The Morgan fingerprint density at radius 2 is 2.05 bits per heavy atom. The molecule has 0 spiro atoms. The smallest absolute Gasteiger partial charge is 0.241 e. The van der Waals surface area contributed by atoms with Gasteiger partial charge in [0.2, 0.25) is 5.91 Å². The summed E-state index contributed by atoms with van der Waals surface area (Å²) in [6.45, 7) is 6.63. The van der Waals surface area contributed by atoms with E-state index < -0.39 is 0 Å². The number of carbonyl (C=O) groups excluding carboxylic acids is 1. The quantitative estimate of drug-likeness (QED) is 0.842. The maximum Gasteiger partial charge on any atom is 0.241 e. The lowest BCUT2D eigenvalue weighted by Gasteiger charge is -2.36. The molecule has 0 bridgehead atoms. The molecule has 0 aromatic carbocycles. The average Bonchev–Trinajstić information content (AvgIpc) is 2.75. The number of carbonyl (C=O) groups is 1. The number of rotatable bonds is 5. The molecule has 0 radical (unpaired) electrons. The molecular formula is C15H28N2OS. The highest BCUT2D eigenvalue weighted by atomic mass is 32.2. The molecule has 1 N–H and O–H groups in total. The van der Waals surface area contributed by atoms with Crippen LogP contribution in [0.1, 0.15) is 52.9 Å². The van der Waals surface area contributed by atoms with Crippen molar-refractivity contribution in [3.8, 4) is 0 Å². The predicted octanol–water partition coefficient (Wildman–Crippen LogP) is 2.85. The van der Waals surface area contributed by atoms with Crippen molar-refractivity contribution in [1.29, 1.82) is 0 Å². The van der Waals surface area contributed by atoms with Crippen molar-refractivity contribution in [2.24, 2.45) is 5.92 Å².